The maximum Gasteiger partial charge on any atom is 0.269 e. The molecule has 0 aliphatic carbocycles. The van der Waals surface area contributed by atoms with Gasteiger partial charge < -0.3 is 4.90 Å². The number of rotatable bonds is 5. The fourth-order valence-corrected chi connectivity index (χ4v) is 1.94. The predicted molar refractivity (Wildman–Crippen MR) is 90.7 cm³/mol. The van der Waals surface area contributed by atoms with E-state index in [0.29, 0.717) is 13.1 Å². The van der Waals surface area contributed by atoms with Crippen molar-refractivity contribution in [1.82, 2.24) is 0 Å². The fourth-order valence-electron chi connectivity index (χ4n) is 1.94. The van der Waals surface area contributed by atoms with Crippen molar-refractivity contribution in [2.45, 2.75) is 20.4 Å². The first-order valence-electron chi connectivity index (χ1n) is 7.27. The zero-order valence-corrected chi connectivity index (χ0v) is 13.2. The Balaban J connectivity index is 0.00000127. The van der Waals surface area contributed by atoms with E-state index in [4.69, 9.17) is 6.42 Å². The molecule has 23 heavy (non-hydrogen) atoms. The second kappa shape index (κ2) is 9.21. The van der Waals surface area contributed by atoms with Gasteiger partial charge in [0, 0.05) is 24.4 Å². The molecule has 120 valence electrons. The third-order valence-corrected chi connectivity index (χ3v) is 2.99. The molecular weight excluding hydrogens is 295 g/mol. The standard InChI is InChI=1S/C16H13FN2O2.C2H6/c1-2-11-18(12-13-3-5-14(17)6-4-13)15-7-9-16(10-8-15)19(20)21;1-2/h1,3-10H,11-12H2;1-2H3. The number of halogens is 1. The molecule has 0 heterocycles. The first-order valence-corrected chi connectivity index (χ1v) is 7.27. The van der Waals surface area contributed by atoms with Crippen LogP contribution in [0.15, 0.2) is 48.5 Å². The summed E-state index contributed by atoms with van der Waals surface area (Å²) in [5.41, 5.74) is 1.72. The van der Waals surface area contributed by atoms with Gasteiger partial charge in [-0.05, 0) is 29.8 Å². The van der Waals surface area contributed by atoms with Crippen LogP contribution < -0.4 is 4.90 Å². The summed E-state index contributed by atoms with van der Waals surface area (Å²) in [7, 11) is 0. The number of hydrogen-bond donors (Lipinski definition) is 0. The Morgan fingerprint density at radius 2 is 1.70 bits per heavy atom. The number of anilines is 1. The molecule has 0 N–H and O–H groups in total. The van der Waals surface area contributed by atoms with Gasteiger partial charge in [-0.2, -0.15) is 0 Å². The minimum absolute atomic E-state index is 0.0289. The van der Waals surface area contributed by atoms with E-state index in [1.807, 2.05) is 18.7 Å². The molecule has 2 aromatic rings. The van der Waals surface area contributed by atoms with Gasteiger partial charge in [0.25, 0.3) is 5.69 Å². The van der Waals surface area contributed by atoms with Crippen molar-refractivity contribution >= 4 is 11.4 Å². The van der Waals surface area contributed by atoms with E-state index in [1.54, 1.807) is 24.3 Å². The van der Waals surface area contributed by atoms with Gasteiger partial charge in [-0.25, -0.2) is 4.39 Å². The number of hydrogen-bond acceptors (Lipinski definition) is 3. The van der Waals surface area contributed by atoms with Crippen molar-refractivity contribution in [3.05, 3.63) is 70.0 Å². The maximum atomic E-state index is 12.9. The van der Waals surface area contributed by atoms with E-state index in [1.165, 1.54) is 24.3 Å². The van der Waals surface area contributed by atoms with Gasteiger partial charge in [0.15, 0.2) is 0 Å². The number of nitro groups is 1. The summed E-state index contributed by atoms with van der Waals surface area (Å²) in [6, 6.07) is 12.3. The van der Waals surface area contributed by atoms with Crippen LogP contribution >= 0.6 is 0 Å². The highest BCUT2D eigenvalue weighted by Gasteiger charge is 2.09. The first-order chi connectivity index (χ1) is 11.1. The minimum Gasteiger partial charge on any atom is -0.356 e. The number of nitro benzene ring substituents is 1. The lowest BCUT2D eigenvalue weighted by atomic mass is 10.2. The molecule has 0 saturated heterocycles. The molecule has 0 radical (unpaired) electrons. The Morgan fingerprint density at radius 3 is 2.17 bits per heavy atom. The number of non-ortho nitro benzene ring substituents is 1. The van der Waals surface area contributed by atoms with Crippen LogP contribution in [0, 0.1) is 28.3 Å². The molecule has 4 nitrogen and oxygen atoms in total. The summed E-state index contributed by atoms with van der Waals surface area (Å²) in [5, 5.41) is 10.7. The van der Waals surface area contributed by atoms with Crippen LogP contribution in [0.1, 0.15) is 19.4 Å². The first kappa shape index (κ1) is 18.2. The van der Waals surface area contributed by atoms with Crippen LogP contribution in [0.25, 0.3) is 0 Å². The SMILES string of the molecule is C#CCN(Cc1ccc(F)cc1)c1ccc([N+](=O)[O-])cc1.CC. The Bertz CT molecular complexity index is 661. The van der Waals surface area contributed by atoms with Crippen molar-refractivity contribution in [1.29, 1.82) is 0 Å². The molecule has 0 aliphatic heterocycles. The summed E-state index contributed by atoms with van der Waals surface area (Å²) in [6.45, 7) is 4.86. The van der Waals surface area contributed by atoms with Crippen LogP contribution in [-0.2, 0) is 6.54 Å². The topological polar surface area (TPSA) is 46.4 Å². The Kier molecular flexibility index (Phi) is 7.28. The summed E-state index contributed by atoms with van der Waals surface area (Å²) >= 11 is 0. The molecular formula is C18H19FN2O2. The molecule has 0 bridgehead atoms. The highest BCUT2D eigenvalue weighted by atomic mass is 19.1. The quantitative estimate of drug-likeness (QED) is 0.467. The van der Waals surface area contributed by atoms with Gasteiger partial charge in [0.05, 0.1) is 11.5 Å². The molecule has 0 aromatic heterocycles. The Labute approximate surface area is 135 Å². The van der Waals surface area contributed by atoms with Crippen LogP contribution in [0.2, 0.25) is 0 Å². The van der Waals surface area contributed by atoms with Crippen molar-refractivity contribution in [2.75, 3.05) is 11.4 Å². The second-order valence-electron chi connectivity index (χ2n) is 4.46. The Morgan fingerprint density at radius 1 is 1.13 bits per heavy atom. The highest BCUT2D eigenvalue weighted by molar-refractivity contribution is 5.52. The molecule has 0 spiro atoms. The van der Waals surface area contributed by atoms with Gasteiger partial charge in [-0.1, -0.05) is 31.9 Å². The lowest BCUT2D eigenvalue weighted by Crippen LogP contribution is -2.22. The summed E-state index contributed by atoms with van der Waals surface area (Å²) in [4.78, 5) is 12.1. The van der Waals surface area contributed by atoms with Crippen molar-refractivity contribution in [2.24, 2.45) is 0 Å². The zero-order chi connectivity index (χ0) is 17.2. The molecule has 2 rings (SSSR count). The van der Waals surface area contributed by atoms with E-state index < -0.39 is 4.92 Å². The Hall–Kier alpha value is -2.87. The van der Waals surface area contributed by atoms with Gasteiger partial charge in [0.1, 0.15) is 5.82 Å². The summed E-state index contributed by atoms with van der Waals surface area (Å²) in [5.74, 6) is 2.26. The van der Waals surface area contributed by atoms with E-state index in [9.17, 15) is 14.5 Å². The normalized spacial score (nSPS) is 9.30. The van der Waals surface area contributed by atoms with Crippen LogP contribution in [0.4, 0.5) is 15.8 Å². The lowest BCUT2D eigenvalue weighted by Gasteiger charge is -2.22. The minimum atomic E-state index is -0.449. The second-order valence-corrected chi connectivity index (χ2v) is 4.46. The van der Waals surface area contributed by atoms with Crippen molar-refractivity contribution in [3.8, 4) is 12.3 Å². The third-order valence-electron chi connectivity index (χ3n) is 2.99. The monoisotopic (exact) mass is 314 g/mol. The largest absolute Gasteiger partial charge is 0.356 e. The highest BCUT2D eigenvalue weighted by Crippen LogP contribution is 2.21. The van der Waals surface area contributed by atoms with Crippen LogP contribution in [0.3, 0.4) is 0 Å². The molecule has 0 atom stereocenters. The molecule has 0 fully saturated rings. The third kappa shape index (κ3) is 5.44. The van der Waals surface area contributed by atoms with Gasteiger partial charge in [-0.3, -0.25) is 10.1 Å². The summed E-state index contributed by atoms with van der Waals surface area (Å²) < 4.78 is 12.9. The van der Waals surface area contributed by atoms with E-state index >= 15 is 0 Å². The maximum absolute atomic E-state index is 12.9. The van der Waals surface area contributed by atoms with Crippen molar-refractivity contribution in [3.63, 3.8) is 0 Å². The molecule has 0 aliphatic rings. The average Bonchev–Trinajstić information content (AvgIpc) is 2.58. The van der Waals surface area contributed by atoms with Gasteiger partial charge in [0.2, 0.25) is 0 Å². The number of nitrogens with zero attached hydrogens (tertiary/aromatic N) is 2. The van der Waals surface area contributed by atoms with Crippen molar-refractivity contribution < 1.29 is 9.31 Å². The molecule has 5 heteroatoms. The average molecular weight is 314 g/mol. The molecule has 0 unspecified atom stereocenters. The number of benzene rings is 2. The molecule has 0 amide bonds. The van der Waals surface area contributed by atoms with E-state index in [0.717, 1.165) is 11.3 Å². The molecule has 2 aromatic carbocycles. The zero-order valence-electron chi connectivity index (χ0n) is 13.2. The van der Waals surface area contributed by atoms with Crippen LogP contribution in [-0.4, -0.2) is 11.5 Å². The van der Waals surface area contributed by atoms with E-state index in [-0.39, 0.29) is 11.5 Å². The lowest BCUT2D eigenvalue weighted by molar-refractivity contribution is -0.384. The van der Waals surface area contributed by atoms with Crippen LogP contribution in [0.5, 0.6) is 0 Å². The van der Waals surface area contributed by atoms with Gasteiger partial charge in [-0.15, -0.1) is 6.42 Å². The molecule has 0 saturated carbocycles. The van der Waals surface area contributed by atoms with E-state index in [2.05, 4.69) is 5.92 Å². The predicted octanol–water partition coefficient (Wildman–Crippen LogP) is 4.40. The number of terminal acetylenes is 1. The smallest absolute Gasteiger partial charge is 0.269 e. The summed E-state index contributed by atoms with van der Waals surface area (Å²) in [6.07, 6.45) is 5.36. The van der Waals surface area contributed by atoms with Gasteiger partial charge >= 0.3 is 0 Å². The fraction of sp³-hybridized carbons (Fsp3) is 0.222.